The summed E-state index contributed by atoms with van der Waals surface area (Å²) in [7, 11) is 0. The lowest BCUT2D eigenvalue weighted by atomic mass is 10.1. The number of benzene rings is 1. The summed E-state index contributed by atoms with van der Waals surface area (Å²) in [6, 6.07) is 6.62. The Kier molecular flexibility index (Phi) is 5.65. The summed E-state index contributed by atoms with van der Waals surface area (Å²) in [6.07, 6.45) is 1.37. The highest BCUT2D eigenvalue weighted by Gasteiger charge is 2.10. The van der Waals surface area contributed by atoms with Gasteiger partial charge in [-0.3, -0.25) is 0 Å². The number of halogens is 2. The largest absolute Gasteiger partial charge is 0.311 e. The number of nitrogens with zero attached hydrogens (tertiary/aromatic N) is 2. The molecule has 1 aromatic heterocycles. The van der Waals surface area contributed by atoms with E-state index in [1.807, 2.05) is 13.0 Å². The number of nitrogens with one attached hydrogen (secondary N) is 1. The van der Waals surface area contributed by atoms with E-state index in [0.29, 0.717) is 29.4 Å². The van der Waals surface area contributed by atoms with Gasteiger partial charge in [-0.15, -0.1) is 0 Å². The van der Waals surface area contributed by atoms with Crippen LogP contribution in [0.25, 0.3) is 0 Å². The lowest BCUT2D eigenvalue weighted by molar-refractivity contribution is 0.611. The Morgan fingerprint density at radius 1 is 1.29 bits per heavy atom. The molecule has 0 spiro atoms. The second kappa shape index (κ2) is 7.48. The lowest BCUT2D eigenvalue weighted by Crippen LogP contribution is -2.16. The van der Waals surface area contributed by atoms with Crippen LogP contribution in [0.1, 0.15) is 36.1 Å². The predicted octanol–water partition coefficient (Wildman–Crippen LogP) is 3.67. The van der Waals surface area contributed by atoms with Gasteiger partial charge in [0.1, 0.15) is 11.6 Å². The molecule has 5 heteroatoms. The van der Waals surface area contributed by atoms with Crippen molar-refractivity contribution in [1.82, 2.24) is 15.3 Å². The molecule has 0 fully saturated rings. The summed E-state index contributed by atoms with van der Waals surface area (Å²) < 4.78 is 13.8. The lowest BCUT2D eigenvalue weighted by Gasteiger charge is -2.08. The summed E-state index contributed by atoms with van der Waals surface area (Å²) in [5.74, 6) is 0.272. The molecule has 1 heterocycles. The van der Waals surface area contributed by atoms with Gasteiger partial charge in [0.25, 0.3) is 0 Å². The molecule has 1 aromatic carbocycles. The van der Waals surface area contributed by atoms with E-state index < -0.39 is 0 Å². The average molecular weight is 308 g/mol. The van der Waals surface area contributed by atoms with Crippen molar-refractivity contribution in [2.45, 2.75) is 33.2 Å². The maximum Gasteiger partial charge on any atom is 0.133 e. The van der Waals surface area contributed by atoms with Crippen molar-refractivity contribution in [2.24, 2.45) is 0 Å². The van der Waals surface area contributed by atoms with Crippen molar-refractivity contribution in [1.29, 1.82) is 0 Å². The van der Waals surface area contributed by atoms with Crippen LogP contribution in [-0.4, -0.2) is 16.5 Å². The maximum absolute atomic E-state index is 13.8. The Labute approximate surface area is 129 Å². The molecule has 2 rings (SSSR count). The van der Waals surface area contributed by atoms with Gasteiger partial charge in [0.2, 0.25) is 0 Å². The van der Waals surface area contributed by atoms with Gasteiger partial charge in [-0.2, -0.15) is 0 Å². The zero-order chi connectivity index (χ0) is 15.2. The standard InChI is InChI=1S/C16H19ClFN3/c1-3-7-19-10-12-8-11(2)20-16(21-12)9-13-14(17)5-4-6-15(13)18/h4-6,8,19H,3,7,9-10H2,1-2H3. The fourth-order valence-electron chi connectivity index (χ4n) is 2.12. The third-order valence-electron chi connectivity index (χ3n) is 3.08. The van der Waals surface area contributed by atoms with Gasteiger partial charge in [-0.05, 0) is 38.1 Å². The first kappa shape index (κ1) is 15.9. The smallest absolute Gasteiger partial charge is 0.133 e. The first-order valence-corrected chi connectivity index (χ1v) is 7.45. The van der Waals surface area contributed by atoms with Crippen LogP contribution in [0.5, 0.6) is 0 Å². The molecule has 3 nitrogen and oxygen atoms in total. The third kappa shape index (κ3) is 4.48. The van der Waals surface area contributed by atoms with E-state index in [0.717, 1.165) is 24.4 Å². The molecule has 0 amide bonds. The van der Waals surface area contributed by atoms with Crippen LogP contribution in [0, 0.1) is 12.7 Å². The Balaban J connectivity index is 2.20. The first-order valence-electron chi connectivity index (χ1n) is 7.07. The van der Waals surface area contributed by atoms with Gasteiger partial charge >= 0.3 is 0 Å². The van der Waals surface area contributed by atoms with Gasteiger partial charge < -0.3 is 5.32 Å². The molecule has 0 radical (unpaired) electrons. The number of hydrogen-bond donors (Lipinski definition) is 1. The summed E-state index contributed by atoms with van der Waals surface area (Å²) in [5.41, 5.74) is 2.23. The fourth-order valence-corrected chi connectivity index (χ4v) is 2.35. The van der Waals surface area contributed by atoms with E-state index in [9.17, 15) is 4.39 Å². The Morgan fingerprint density at radius 3 is 2.81 bits per heavy atom. The predicted molar refractivity (Wildman–Crippen MR) is 83.0 cm³/mol. The topological polar surface area (TPSA) is 37.8 Å². The monoisotopic (exact) mass is 307 g/mol. The van der Waals surface area contributed by atoms with Crippen molar-refractivity contribution in [3.8, 4) is 0 Å². The van der Waals surface area contributed by atoms with Crippen LogP contribution >= 0.6 is 11.6 Å². The normalized spacial score (nSPS) is 10.9. The van der Waals surface area contributed by atoms with Crippen molar-refractivity contribution in [3.63, 3.8) is 0 Å². The SMILES string of the molecule is CCCNCc1cc(C)nc(Cc2c(F)cccc2Cl)n1. The molecule has 0 aliphatic heterocycles. The molecule has 0 atom stereocenters. The van der Waals surface area contributed by atoms with Crippen molar-refractivity contribution in [3.05, 3.63) is 57.9 Å². The summed E-state index contributed by atoms with van der Waals surface area (Å²) in [4.78, 5) is 8.86. The van der Waals surface area contributed by atoms with E-state index in [4.69, 9.17) is 11.6 Å². The molecule has 112 valence electrons. The summed E-state index contributed by atoms with van der Waals surface area (Å²) >= 11 is 6.05. The van der Waals surface area contributed by atoms with Gasteiger partial charge in [0.15, 0.2) is 0 Å². The zero-order valence-electron chi connectivity index (χ0n) is 12.3. The third-order valence-corrected chi connectivity index (χ3v) is 3.44. The second-order valence-corrected chi connectivity index (χ2v) is 5.38. The van der Waals surface area contributed by atoms with Crippen molar-refractivity contribution in [2.75, 3.05) is 6.54 Å². The van der Waals surface area contributed by atoms with Crippen LogP contribution in [0.4, 0.5) is 4.39 Å². The van der Waals surface area contributed by atoms with Gasteiger partial charge in [-0.1, -0.05) is 24.6 Å². The molecule has 1 N–H and O–H groups in total. The minimum absolute atomic E-state index is 0.300. The highest BCUT2D eigenvalue weighted by Crippen LogP contribution is 2.21. The molecule has 0 saturated heterocycles. The second-order valence-electron chi connectivity index (χ2n) is 4.97. The average Bonchev–Trinajstić information content (AvgIpc) is 2.43. The molecule has 0 bridgehead atoms. The zero-order valence-corrected chi connectivity index (χ0v) is 13.0. The fraction of sp³-hybridized carbons (Fsp3) is 0.375. The minimum Gasteiger partial charge on any atom is -0.311 e. The molecule has 0 saturated carbocycles. The highest BCUT2D eigenvalue weighted by molar-refractivity contribution is 6.31. The van der Waals surface area contributed by atoms with Crippen LogP contribution in [0.3, 0.4) is 0 Å². The quantitative estimate of drug-likeness (QED) is 0.828. The summed E-state index contributed by atoms with van der Waals surface area (Å²) in [6.45, 7) is 5.66. The van der Waals surface area contributed by atoms with Crippen LogP contribution in [0.15, 0.2) is 24.3 Å². The van der Waals surface area contributed by atoms with E-state index >= 15 is 0 Å². The number of rotatable bonds is 6. The van der Waals surface area contributed by atoms with Crippen LogP contribution in [-0.2, 0) is 13.0 Å². The first-order chi connectivity index (χ1) is 10.1. The molecule has 2 aromatic rings. The number of aromatic nitrogens is 2. The van der Waals surface area contributed by atoms with E-state index in [-0.39, 0.29) is 5.82 Å². The molecule has 0 aliphatic carbocycles. The van der Waals surface area contributed by atoms with Crippen molar-refractivity contribution < 1.29 is 4.39 Å². The van der Waals surface area contributed by atoms with E-state index in [2.05, 4.69) is 22.2 Å². The highest BCUT2D eigenvalue weighted by atomic mass is 35.5. The molecular weight excluding hydrogens is 289 g/mol. The van der Waals surface area contributed by atoms with Crippen LogP contribution in [0.2, 0.25) is 5.02 Å². The number of hydrogen-bond acceptors (Lipinski definition) is 3. The van der Waals surface area contributed by atoms with E-state index in [1.54, 1.807) is 12.1 Å². The Morgan fingerprint density at radius 2 is 2.10 bits per heavy atom. The number of aryl methyl sites for hydroxylation is 1. The van der Waals surface area contributed by atoms with E-state index in [1.165, 1.54) is 6.07 Å². The minimum atomic E-state index is -0.321. The van der Waals surface area contributed by atoms with Crippen molar-refractivity contribution >= 4 is 11.6 Å². The molecule has 0 aliphatic rings. The van der Waals surface area contributed by atoms with Crippen LogP contribution < -0.4 is 5.32 Å². The molecule has 0 unspecified atom stereocenters. The van der Waals surface area contributed by atoms with Gasteiger partial charge in [-0.25, -0.2) is 14.4 Å². The Bertz CT molecular complexity index is 596. The van der Waals surface area contributed by atoms with Gasteiger partial charge in [0.05, 0.1) is 5.69 Å². The maximum atomic E-state index is 13.8. The Hall–Kier alpha value is -1.52. The molecular formula is C16H19ClFN3. The van der Waals surface area contributed by atoms with Gasteiger partial charge in [0, 0.05) is 29.2 Å². The molecule has 21 heavy (non-hydrogen) atoms. The summed E-state index contributed by atoms with van der Waals surface area (Å²) in [5, 5.41) is 3.71.